The van der Waals surface area contributed by atoms with Gasteiger partial charge in [0.25, 0.3) is 0 Å². The number of halogens is 3. The van der Waals surface area contributed by atoms with Crippen LogP contribution >= 0.6 is 0 Å². The third-order valence-corrected chi connectivity index (χ3v) is 6.38. The summed E-state index contributed by atoms with van der Waals surface area (Å²) in [5.74, 6) is -1.05. The largest absolute Gasteiger partial charge is 0.416 e. The van der Waals surface area contributed by atoms with Gasteiger partial charge in [-0.3, -0.25) is 14.4 Å². The lowest BCUT2D eigenvalue weighted by Crippen LogP contribution is -2.55. The van der Waals surface area contributed by atoms with Gasteiger partial charge in [-0.1, -0.05) is 18.9 Å². The van der Waals surface area contributed by atoms with E-state index in [2.05, 4.69) is 10.6 Å². The number of benzene rings is 1. The second-order valence-corrected chi connectivity index (χ2v) is 8.40. The second-order valence-electron chi connectivity index (χ2n) is 8.40. The Labute approximate surface area is 172 Å². The molecule has 4 rings (SSSR count). The molecule has 3 amide bonds. The predicted octanol–water partition coefficient (Wildman–Crippen LogP) is 2.62. The maximum Gasteiger partial charge on any atom is 0.416 e. The molecule has 2 heterocycles. The Kier molecular flexibility index (Phi) is 5.46. The Morgan fingerprint density at radius 3 is 2.67 bits per heavy atom. The number of carbonyl (C=O) groups is 3. The van der Waals surface area contributed by atoms with Crippen molar-refractivity contribution in [2.24, 2.45) is 11.8 Å². The number of carbonyl (C=O) groups excluding carboxylic acids is 3. The smallest absolute Gasteiger partial charge is 0.353 e. The van der Waals surface area contributed by atoms with Crippen molar-refractivity contribution in [3.8, 4) is 0 Å². The molecule has 1 saturated carbocycles. The molecule has 4 atom stereocenters. The molecular weight excluding hydrogens is 399 g/mol. The number of nitrogens with zero attached hydrogens (tertiary/aromatic N) is 1. The van der Waals surface area contributed by atoms with Crippen LogP contribution in [0.2, 0.25) is 0 Å². The number of hydrogen-bond acceptors (Lipinski definition) is 3. The van der Waals surface area contributed by atoms with Gasteiger partial charge in [0.05, 0.1) is 17.5 Å². The molecule has 30 heavy (non-hydrogen) atoms. The molecule has 4 unspecified atom stereocenters. The number of anilines is 1. The summed E-state index contributed by atoms with van der Waals surface area (Å²) in [4.78, 5) is 38.6. The van der Waals surface area contributed by atoms with Crippen LogP contribution in [-0.2, 0) is 20.6 Å². The van der Waals surface area contributed by atoms with Crippen molar-refractivity contribution in [2.75, 3.05) is 11.4 Å². The fourth-order valence-electron chi connectivity index (χ4n) is 4.94. The number of piperidine rings is 1. The molecule has 9 heteroatoms. The minimum atomic E-state index is -4.50. The highest BCUT2D eigenvalue weighted by Crippen LogP contribution is 2.36. The first-order valence-electron chi connectivity index (χ1n) is 10.3. The van der Waals surface area contributed by atoms with Crippen LogP contribution in [0.1, 0.15) is 44.1 Å². The predicted molar refractivity (Wildman–Crippen MR) is 102 cm³/mol. The second kappa shape index (κ2) is 7.92. The fourth-order valence-corrected chi connectivity index (χ4v) is 4.94. The molecule has 1 aromatic rings. The van der Waals surface area contributed by atoms with E-state index < -0.39 is 23.7 Å². The first-order chi connectivity index (χ1) is 14.2. The zero-order valence-electron chi connectivity index (χ0n) is 16.4. The molecule has 1 aromatic carbocycles. The molecule has 0 bridgehead atoms. The van der Waals surface area contributed by atoms with Crippen molar-refractivity contribution < 1.29 is 27.6 Å². The van der Waals surface area contributed by atoms with Crippen LogP contribution in [0.3, 0.4) is 0 Å². The summed E-state index contributed by atoms with van der Waals surface area (Å²) >= 11 is 0. The van der Waals surface area contributed by atoms with Gasteiger partial charge >= 0.3 is 6.18 Å². The van der Waals surface area contributed by atoms with Crippen LogP contribution in [0.4, 0.5) is 18.9 Å². The average Bonchev–Trinajstić information content (AvgIpc) is 3.06. The van der Waals surface area contributed by atoms with E-state index in [-0.39, 0.29) is 54.8 Å². The van der Waals surface area contributed by atoms with Gasteiger partial charge in [-0.2, -0.15) is 13.2 Å². The Bertz CT molecular complexity index is 857. The van der Waals surface area contributed by atoms with E-state index in [4.69, 9.17) is 0 Å². The molecular formula is C21H24F3N3O3. The highest BCUT2D eigenvalue weighted by Gasteiger charge is 2.43. The van der Waals surface area contributed by atoms with Crippen LogP contribution < -0.4 is 15.5 Å². The number of rotatable bonds is 3. The Morgan fingerprint density at radius 2 is 1.90 bits per heavy atom. The molecule has 2 aliphatic heterocycles. The van der Waals surface area contributed by atoms with E-state index in [1.165, 1.54) is 17.0 Å². The van der Waals surface area contributed by atoms with E-state index >= 15 is 0 Å². The van der Waals surface area contributed by atoms with Crippen molar-refractivity contribution >= 4 is 23.4 Å². The van der Waals surface area contributed by atoms with Gasteiger partial charge < -0.3 is 15.5 Å². The van der Waals surface area contributed by atoms with E-state index in [9.17, 15) is 27.6 Å². The third-order valence-electron chi connectivity index (χ3n) is 6.38. The van der Waals surface area contributed by atoms with Crippen molar-refractivity contribution in [3.05, 3.63) is 29.8 Å². The monoisotopic (exact) mass is 423 g/mol. The third kappa shape index (κ3) is 4.15. The first-order valence-corrected chi connectivity index (χ1v) is 10.3. The van der Waals surface area contributed by atoms with Crippen molar-refractivity contribution in [1.82, 2.24) is 10.6 Å². The summed E-state index contributed by atoms with van der Waals surface area (Å²) in [6, 6.07) is 4.14. The highest BCUT2D eigenvalue weighted by atomic mass is 19.4. The normalized spacial score (nSPS) is 29.4. The van der Waals surface area contributed by atoms with Crippen LogP contribution in [-0.4, -0.2) is 36.3 Å². The quantitative estimate of drug-likeness (QED) is 0.785. The van der Waals surface area contributed by atoms with Crippen LogP contribution in [0, 0.1) is 11.8 Å². The lowest BCUT2D eigenvalue weighted by atomic mass is 9.72. The van der Waals surface area contributed by atoms with Crippen LogP contribution in [0.15, 0.2) is 24.3 Å². The summed E-state index contributed by atoms with van der Waals surface area (Å²) in [6.07, 6.45) is -0.552. The van der Waals surface area contributed by atoms with Gasteiger partial charge in [-0.05, 0) is 37.0 Å². The molecule has 2 saturated heterocycles. The number of hydrogen-bond donors (Lipinski definition) is 2. The lowest BCUT2D eigenvalue weighted by Gasteiger charge is -2.40. The molecule has 162 valence electrons. The SMILES string of the molecule is O=C1CC(C(=O)NC2CC(=O)N(c3cccc(C(F)(F)F)c3)C2)C2CCCCC2N1. The van der Waals surface area contributed by atoms with Crippen LogP contribution in [0.5, 0.6) is 0 Å². The van der Waals surface area contributed by atoms with Gasteiger partial charge in [0.2, 0.25) is 17.7 Å². The molecule has 3 fully saturated rings. The zero-order valence-corrected chi connectivity index (χ0v) is 16.4. The minimum absolute atomic E-state index is 0.0163. The summed E-state index contributed by atoms with van der Waals surface area (Å²) in [5.41, 5.74) is -0.659. The zero-order chi connectivity index (χ0) is 21.5. The summed E-state index contributed by atoms with van der Waals surface area (Å²) in [6.45, 7) is 0.110. The minimum Gasteiger partial charge on any atom is -0.353 e. The maximum absolute atomic E-state index is 13.0. The first kappa shape index (κ1) is 20.7. The number of nitrogens with one attached hydrogen (secondary N) is 2. The molecule has 2 N–H and O–H groups in total. The van der Waals surface area contributed by atoms with E-state index in [0.717, 1.165) is 37.8 Å². The van der Waals surface area contributed by atoms with Crippen LogP contribution in [0.25, 0.3) is 0 Å². The molecule has 0 radical (unpaired) electrons. The highest BCUT2D eigenvalue weighted by molar-refractivity contribution is 5.97. The summed E-state index contributed by atoms with van der Waals surface area (Å²) in [5, 5.41) is 5.85. The van der Waals surface area contributed by atoms with Gasteiger partial charge in [0.15, 0.2) is 0 Å². The average molecular weight is 423 g/mol. The number of amides is 3. The van der Waals surface area contributed by atoms with Gasteiger partial charge in [-0.25, -0.2) is 0 Å². The maximum atomic E-state index is 13.0. The van der Waals surface area contributed by atoms with Crippen molar-refractivity contribution in [2.45, 2.75) is 56.8 Å². The van der Waals surface area contributed by atoms with Gasteiger partial charge in [-0.15, -0.1) is 0 Å². The fraction of sp³-hybridized carbons (Fsp3) is 0.571. The van der Waals surface area contributed by atoms with Crippen molar-refractivity contribution in [1.29, 1.82) is 0 Å². The Hall–Kier alpha value is -2.58. The molecule has 0 spiro atoms. The van der Waals surface area contributed by atoms with E-state index in [1.807, 2.05) is 0 Å². The van der Waals surface area contributed by atoms with E-state index in [0.29, 0.717) is 0 Å². The van der Waals surface area contributed by atoms with Gasteiger partial charge in [0.1, 0.15) is 0 Å². The Morgan fingerprint density at radius 1 is 1.13 bits per heavy atom. The van der Waals surface area contributed by atoms with Gasteiger partial charge in [0, 0.05) is 31.1 Å². The van der Waals surface area contributed by atoms with E-state index in [1.54, 1.807) is 0 Å². The number of alkyl halides is 3. The topological polar surface area (TPSA) is 78.5 Å². The lowest BCUT2D eigenvalue weighted by molar-refractivity contribution is -0.137. The number of fused-ring (bicyclic) bond motifs is 1. The Balaban J connectivity index is 1.43. The molecule has 6 nitrogen and oxygen atoms in total. The van der Waals surface area contributed by atoms with Crippen molar-refractivity contribution in [3.63, 3.8) is 0 Å². The standard InChI is InChI=1S/C21H24F3N3O3/c22-21(23,24)12-4-3-5-14(8-12)27-11-13(9-19(27)29)25-20(30)16-10-18(28)26-17-7-2-1-6-15(16)17/h3-5,8,13,15-17H,1-2,6-7,9-11H2,(H,25,30)(H,26,28). The summed E-state index contributed by atoms with van der Waals surface area (Å²) < 4.78 is 38.9. The summed E-state index contributed by atoms with van der Waals surface area (Å²) in [7, 11) is 0. The molecule has 3 aliphatic rings. The molecule has 0 aromatic heterocycles. The molecule has 1 aliphatic carbocycles.